The Morgan fingerprint density at radius 2 is 2.07 bits per heavy atom. The van der Waals surface area contributed by atoms with Gasteiger partial charge in [0.05, 0.1) is 23.3 Å². The van der Waals surface area contributed by atoms with Crippen molar-refractivity contribution >= 4 is 22.7 Å². The summed E-state index contributed by atoms with van der Waals surface area (Å²) in [6, 6.07) is 5.75. The first-order valence-electron chi connectivity index (χ1n) is 10.4. The van der Waals surface area contributed by atoms with Crippen LogP contribution in [-0.4, -0.2) is 39.4 Å². The van der Waals surface area contributed by atoms with Gasteiger partial charge in [0.25, 0.3) is 5.91 Å². The quantitative estimate of drug-likeness (QED) is 0.689. The van der Waals surface area contributed by atoms with Crippen molar-refractivity contribution in [1.82, 2.24) is 20.4 Å². The molecule has 7 heteroatoms. The molecular weight excluding hydrogens is 380 g/mol. The zero-order valence-corrected chi connectivity index (χ0v) is 18.0. The number of aryl methyl sites for hydroxylation is 4. The number of para-hydroxylation sites is 1. The van der Waals surface area contributed by atoms with Crippen molar-refractivity contribution in [2.24, 2.45) is 0 Å². The molecule has 158 valence electrons. The first kappa shape index (κ1) is 20.2. The van der Waals surface area contributed by atoms with Gasteiger partial charge in [0.2, 0.25) is 5.91 Å². The minimum Gasteiger partial charge on any atom is -0.361 e. The van der Waals surface area contributed by atoms with E-state index in [9.17, 15) is 9.59 Å². The van der Waals surface area contributed by atoms with Crippen LogP contribution in [0.5, 0.6) is 0 Å². The Kier molecular flexibility index (Phi) is 5.37. The third kappa shape index (κ3) is 3.72. The lowest BCUT2D eigenvalue weighted by Gasteiger charge is -2.21. The molecule has 3 heterocycles. The summed E-state index contributed by atoms with van der Waals surface area (Å²) in [6.07, 6.45) is 1.78. The predicted molar refractivity (Wildman–Crippen MR) is 114 cm³/mol. The topological polar surface area (TPSA) is 91.2 Å². The highest BCUT2D eigenvalue weighted by Crippen LogP contribution is 2.25. The Morgan fingerprint density at radius 1 is 1.27 bits per heavy atom. The van der Waals surface area contributed by atoms with Crippen molar-refractivity contribution in [1.29, 1.82) is 0 Å². The minimum atomic E-state index is -0.0986. The maximum atomic E-state index is 13.0. The van der Waals surface area contributed by atoms with Crippen LogP contribution in [0.4, 0.5) is 0 Å². The van der Waals surface area contributed by atoms with E-state index in [0.717, 1.165) is 45.6 Å². The molecule has 0 radical (unpaired) electrons. The number of H-pyrrole nitrogens is 1. The smallest absolute Gasteiger partial charge is 0.253 e. The van der Waals surface area contributed by atoms with Crippen LogP contribution in [0.2, 0.25) is 0 Å². The Morgan fingerprint density at radius 3 is 2.80 bits per heavy atom. The van der Waals surface area contributed by atoms with Crippen LogP contribution in [-0.2, 0) is 11.3 Å². The number of hydrogen-bond acceptors (Lipinski definition) is 4. The van der Waals surface area contributed by atoms with Crippen molar-refractivity contribution in [3.05, 3.63) is 52.0 Å². The molecule has 30 heavy (non-hydrogen) atoms. The molecule has 1 atom stereocenters. The van der Waals surface area contributed by atoms with Crippen LogP contribution in [0.25, 0.3) is 10.9 Å². The maximum Gasteiger partial charge on any atom is 0.253 e. The molecule has 0 bridgehead atoms. The second kappa shape index (κ2) is 7.97. The van der Waals surface area contributed by atoms with Gasteiger partial charge in [-0.3, -0.25) is 9.59 Å². The summed E-state index contributed by atoms with van der Waals surface area (Å²) >= 11 is 0. The third-order valence-electron chi connectivity index (χ3n) is 6.26. The number of likely N-dealkylation sites (tertiary alicyclic amines) is 1. The molecule has 7 nitrogen and oxygen atoms in total. The van der Waals surface area contributed by atoms with Crippen molar-refractivity contribution in [2.45, 2.75) is 59.5 Å². The molecule has 1 aliphatic rings. The van der Waals surface area contributed by atoms with Gasteiger partial charge in [-0.2, -0.15) is 0 Å². The van der Waals surface area contributed by atoms with E-state index >= 15 is 0 Å². The molecule has 0 aliphatic carbocycles. The number of amides is 2. The van der Waals surface area contributed by atoms with Crippen LogP contribution < -0.4 is 5.32 Å². The molecule has 2 amide bonds. The molecule has 1 aliphatic heterocycles. The molecule has 1 saturated heterocycles. The van der Waals surface area contributed by atoms with E-state index in [2.05, 4.69) is 22.4 Å². The van der Waals surface area contributed by atoms with Crippen LogP contribution in [0.3, 0.4) is 0 Å². The van der Waals surface area contributed by atoms with Gasteiger partial charge in [0.1, 0.15) is 5.76 Å². The molecule has 2 aromatic heterocycles. The van der Waals surface area contributed by atoms with Gasteiger partial charge >= 0.3 is 0 Å². The molecule has 1 aromatic carbocycles. The van der Waals surface area contributed by atoms with E-state index in [1.165, 1.54) is 0 Å². The normalized spacial score (nSPS) is 17.4. The van der Waals surface area contributed by atoms with Crippen LogP contribution in [0.15, 0.2) is 22.7 Å². The average molecular weight is 409 g/mol. The fraction of sp³-hybridized carbons (Fsp3) is 0.435. The molecule has 4 rings (SSSR count). The number of aromatic amines is 1. The van der Waals surface area contributed by atoms with Gasteiger partial charge in [-0.1, -0.05) is 17.3 Å². The van der Waals surface area contributed by atoms with E-state index < -0.39 is 0 Å². The summed E-state index contributed by atoms with van der Waals surface area (Å²) in [5.41, 5.74) is 5.53. The summed E-state index contributed by atoms with van der Waals surface area (Å²) in [5.74, 6) is 0.752. The number of nitrogens with zero attached hydrogens (tertiary/aromatic N) is 2. The SMILES string of the molecule is Cc1noc(C)c1CN1CCC(NC(=O)c2cccc3c(C)c(C)[nH]c23)CCC1=O. The van der Waals surface area contributed by atoms with Gasteiger partial charge in [0.15, 0.2) is 0 Å². The van der Waals surface area contributed by atoms with E-state index in [0.29, 0.717) is 31.5 Å². The van der Waals surface area contributed by atoms with E-state index in [-0.39, 0.29) is 17.9 Å². The van der Waals surface area contributed by atoms with Crippen molar-refractivity contribution in [3.8, 4) is 0 Å². The molecule has 1 fully saturated rings. The van der Waals surface area contributed by atoms with E-state index in [1.807, 2.05) is 43.9 Å². The molecule has 3 aromatic rings. The Balaban J connectivity index is 1.46. The number of benzene rings is 1. The standard InChI is InChI=1S/C23H28N4O3/c1-13-14(2)24-22-18(13)6-5-7-19(22)23(29)25-17-8-9-21(28)27(11-10-17)12-20-15(3)26-30-16(20)4/h5-7,17,24H,8-12H2,1-4H3,(H,25,29). The van der Waals surface area contributed by atoms with Gasteiger partial charge < -0.3 is 19.7 Å². The van der Waals surface area contributed by atoms with Crippen molar-refractivity contribution < 1.29 is 14.1 Å². The van der Waals surface area contributed by atoms with Crippen LogP contribution in [0.1, 0.15) is 57.9 Å². The number of rotatable bonds is 4. The number of carbonyl (C=O) groups excluding carboxylic acids is 2. The van der Waals surface area contributed by atoms with Crippen molar-refractivity contribution in [3.63, 3.8) is 0 Å². The van der Waals surface area contributed by atoms with Crippen LogP contribution >= 0.6 is 0 Å². The Bertz CT molecular complexity index is 1090. The molecule has 0 spiro atoms. The van der Waals surface area contributed by atoms with E-state index in [4.69, 9.17) is 4.52 Å². The number of carbonyl (C=O) groups is 2. The van der Waals surface area contributed by atoms with Gasteiger partial charge in [-0.05, 0) is 52.2 Å². The first-order valence-corrected chi connectivity index (χ1v) is 10.4. The van der Waals surface area contributed by atoms with Gasteiger partial charge in [-0.15, -0.1) is 0 Å². The highest BCUT2D eigenvalue weighted by atomic mass is 16.5. The number of hydrogen-bond donors (Lipinski definition) is 2. The molecule has 2 N–H and O–H groups in total. The first-order chi connectivity index (χ1) is 14.3. The number of aromatic nitrogens is 2. The zero-order chi connectivity index (χ0) is 21.4. The number of fused-ring (bicyclic) bond motifs is 1. The summed E-state index contributed by atoms with van der Waals surface area (Å²) in [6.45, 7) is 8.93. The lowest BCUT2D eigenvalue weighted by Crippen LogP contribution is -2.36. The predicted octanol–water partition coefficient (Wildman–Crippen LogP) is 3.70. The Labute approximate surface area is 175 Å². The molecular formula is C23H28N4O3. The summed E-state index contributed by atoms with van der Waals surface area (Å²) in [7, 11) is 0. The average Bonchev–Trinajstić information content (AvgIpc) is 3.13. The summed E-state index contributed by atoms with van der Waals surface area (Å²) in [5, 5.41) is 8.20. The third-order valence-corrected chi connectivity index (χ3v) is 6.26. The monoisotopic (exact) mass is 408 g/mol. The van der Waals surface area contributed by atoms with E-state index in [1.54, 1.807) is 0 Å². The second-order valence-electron chi connectivity index (χ2n) is 8.22. The highest BCUT2D eigenvalue weighted by molar-refractivity contribution is 6.06. The fourth-order valence-corrected chi connectivity index (χ4v) is 4.20. The van der Waals surface area contributed by atoms with Crippen LogP contribution in [0, 0.1) is 27.7 Å². The Hall–Kier alpha value is -3.09. The minimum absolute atomic E-state index is 0.0384. The largest absolute Gasteiger partial charge is 0.361 e. The fourth-order valence-electron chi connectivity index (χ4n) is 4.20. The molecule has 0 saturated carbocycles. The van der Waals surface area contributed by atoms with Crippen molar-refractivity contribution in [2.75, 3.05) is 6.54 Å². The maximum absolute atomic E-state index is 13.0. The number of nitrogens with one attached hydrogen (secondary N) is 2. The van der Waals surface area contributed by atoms with Gasteiger partial charge in [-0.25, -0.2) is 0 Å². The second-order valence-corrected chi connectivity index (χ2v) is 8.22. The highest BCUT2D eigenvalue weighted by Gasteiger charge is 2.26. The van der Waals surface area contributed by atoms with Gasteiger partial charge in [0, 0.05) is 35.7 Å². The lowest BCUT2D eigenvalue weighted by atomic mass is 10.1. The lowest BCUT2D eigenvalue weighted by molar-refractivity contribution is -0.131. The zero-order valence-electron chi connectivity index (χ0n) is 18.0. The molecule has 1 unspecified atom stereocenters. The summed E-state index contributed by atoms with van der Waals surface area (Å²) < 4.78 is 5.22. The summed E-state index contributed by atoms with van der Waals surface area (Å²) in [4.78, 5) is 30.8.